The molecule has 3 aromatic rings. The van der Waals surface area contributed by atoms with Crippen molar-refractivity contribution in [3.63, 3.8) is 0 Å². The number of nitro groups is 2. The Bertz CT molecular complexity index is 992. The fourth-order valence-electron chi connectivity index (χ4n) is 2.20. The summed E-state index contributed by atoms with van der Waals surface area (Å²) in [4.78, 5) is 32.6. The number of furan rings is 1. The van der Waals surface area contributed by atoms with Crippen LogP contribution in [0, 0.1) is 20.2 Å². The molecule has 11 heteroatoms. The molecule has 1 N–H and O–H groups in total. The van der Waals surface area contributed by atoms with Crippen molar-refractivity contribution in [1.82, 2.24) is 9.78 Å². The second kappa shape index (κ2) is 6.84. The Morgan fingerprint density at radius 3 is 2.62 bits per heavy atom. The lowest BCUT2D eigenvalue weighted by atomic mass is 10.2. The number of para-hydroxylation sites is 2. The molecule has 1 amide bonds. The molecule has 1 aromatic carbocycles. The zero-order valence-corrected chi connectivity index (χ0v) is 13.1. The number of hydrogen-bond acceptors (Lipinski definition) is 7. The van der Waals surface area contributed by atoms with Gasteiger partial charge < -0.3 is 9.73 Å². The highest BCUT2D eigenvalue weighted by atomic mass is 16.6. The molecule has 0 aliphatic heterocycles. The molecule has 2 heterocycles. The largest absolute Gasteiger partial charge is 0.454 e. The second-order valence-corrected chi connectivity index (χ2v) is 5.15. The number of nitrogens with one attached hydrogen (secondary N) is 1. The van der Waals surface area contributed by atoms with Gasteiger partial charge in [0.25, 0.3) is 11.6 Å². The molecule has 0 fully saturated rings. The molecule has 26 heavy (non-hydrogen) atoms. The summed E-state index contributed by atoms with van der Waals surface area (Å²) in [6.45, 7) is 0.0899. The number of nitrogens with zero attached hydrogens (tertiary/aromatic N) is 4. The zero-order valence-electron chi connectivity index (χ0n) is 13.1. The van der Waals surface area contributed by atoms with E-state index in [9.17, 15) is 25.0 Å². The lowest BCUT2D eigenvalue weighted by Gasteiger charge is -2.04. The summed E-state index contributed by atoms with van der Waals surface area (Å²) in [5.74, 6) is -0.368. The third-order valence-electron chi connectivity index (χ3n) is 3.38. The van der Waals surface area contributed by atoms with Crippen molar-refractivity contribution in [2.75, 3.05) is 5.32 Å². The molecule has 0 aliphatic carbocycles. The normalized spacial score (nSPS) is 10.5. The Morgan fingerprint density at radius 1 is 1.15 bits per heavy atom. The van der Waals surface area contributed by atoms with Crippen LogP contribution in [-0.4, -0.2) is 25.5 Å². The molecule has 0 saturated carbocycles. The van der Waals surface area contributed by atoms with Gasteiger partial charge in [0.05, 0.1) is 16.4 Å². The highest BCUT2D eigenvalue weighted by Crippen LogP contribution is 2.24. The van der Waals surface area contributed by atoms with Crippen LogP contribution in [0.5, 0.6) is 0 Å². The molecule has 11 nitrogen and oxygen atoms in total. The fourth-order valence-corrected chi connectivity index (χ4v) is 2.20. The van der Waals surface area contributed by atoms with Crippen molar-refractivity contribution < 1.29 is 19.1 Å². The molecule has 0 spiro atoms. The van der Waals surface area contributed by atoms with E-state index in [-0.39, 0.29) is 29.4 Å². The van der Waals surface area contributed by atoms with E-state index < -0.39 is 15.8 Å². The summed E-state index contributed by atoms with van der Waals surface area (Å²) < 4.78 is 6.67. The predicted molar refractivity (Wildman–Crippen MR) is 87.7 cm³/mol. The molecule has 0 atom stereocenters. The van der Waals surface area contributed by atoms with Gasteiger partial charge >= 0.3 is 5.69 Å². The van der Waals surface area contributed by atoms with E-state index in [4.69, 9.17) is 4.42 Å². The summed E-state index contributed by atoms with van der Waals surface area (Å²) in [5, 5.41) is 27.9. The van der Waals surface area contributed by atoms with Crippen LogP contribution in [0.2, 0.25) is 0 Å². The average Bonchev–Trinajstić information content (AvgIpc) is 3.25. The molecule has 0 aliphatic rings. The van der Waals surface area contributed by atoms with Crippen LogP contribution in [0.3, 0.4) is 0 Å². The third kappa shape index (κ3) is 3.56. The van der Waals surface area contributed by atoms with Crippen LogP contribution in [0.4, 0.5) is 17.1 Å². The number of anilines is 1. The minimum Gasteiger partial charge on any atom is -0.454 e. The fraction of sp³-hybridized carbons (Fsp3) is 0.0667. The Kier molecular flexibility index (Phi) is 4.43. The quantitative estimate of drug-likeness (QED) is 0.527. The van der Waals surface area contributed by atoms with E-state index in [2.05, 4.69) is 10.4 Å². The van der Waals surface area contributed by atoms with E-state index in [1.54, 1.807) is 6.07 Å². The van der Waals surface area contributed by atoms with Gasteiger partial charge in [0, 0.05) is 6.07 Å². The van der Waals surface area contributed by atoms with Crippen molar-refractivity contribution in [2.45, 2.75) is 6.54 Å². The predicted octanol–water partition coefficient (Wildman–Crippen LogP) is 2.59. The maximum atomic E-state index is 12.2. The molecule has 3 rings (SSSR count). The molecule has 132 valence electrons. The first-order chi connectivity index (χ1) is 12.4. The third-order valence-corrected chi connectivity index (χ3v) is 3.38. The van der Waals surface area contributed by atoms with Gasteiger partial charge in [0.15, 0.2) is 5.76 Å². The standard InChI is InChI=1S/C15H11N5O6/c21-15(17-12-3-1-2-4-13(12)20(24)25)14-6-5-11(26-14)9-18-8-10(7-16-18)19(22)23/h1-8H,9H2,(H,17,21). The average molecular weight is 357 g/mol. The maximum absolute atomic E-state index is 12.2. The van der Waals surface area contributed by atoms with Gasteiger partial charge in [0.2, 0.25) is 0 Å². The molecular formula is C15H11N5O6. The Balaban J connectivity index is 1.72. The summed E-state index contributed by atoms with van der Waals surface area (Å²) in [5.41, 5.74) is -0.356. The minimum absolute atomic E-state index is 0.0446. The van der Waals surface area contributed by atoms with Crippen molar-refractivity contribution in [3.8, 4) is 0 Å². The molecule has 0 bridgehead atoms. The van der Waals surface area contributed by atoms with Crippen molar-refractivity contribution in [3.05, 3.63) is 80.5 Å². The van der Waals surface area contributed by atoms with Crippen molar-refractivity contribution in [2.24, 2.45) is 0 Å². The lowest BCUT2D eigenvalue weighted by Crippen LogP contribution is -2.12. The summed E-state index contributed by atoms with van der Waals surface area (Å²) in [6, 6.07) is 8.64. The molecule has 2 aromatic heterocycles. The first kappa shape index (κ1) is 16.8. The number of carbonyl (C=O) groups is 1. The Labute approximate surface area is 145 Å². The van der Waals surface area contributed by atoms with Crippen molar-refractivity contribution >= 4 is 23.0 Å². The van der Waals surface area contributed by atoms with E-state index >= 15 is 0 Å². The molecule has 0 saturated heterocycles. The van der Waals surface area contributed by atoms with Gasteiger partial charge in [-0.3, -0.25) is 29.7 Å². The highest BCUT2D eigenvalue weighted by Gasteiger charge is 2.18. The lowest BCUT2D eigenvalue weighted by molar-refractivity contribution is -0.385. The summed E-state index contributed by atoms with van der Waals surface area (Å²) in [7, 11) is 0. The van der Waals surface area contributed by atoms with Crippen molar-refractivity contribution in [1.29, 1.82) is 0 Å². The maximum Gasteiger partial charge on any atom is 0.307 e. The Hall–Kier alpha value is -4.02. The number of rotatable bonds is 6. The summed E-state index contributed by atoms with van der Waals surface area (Å²) in [6.07, 6.45) is 2.33. The first-order valence-electron chi connectivity index (χ1n) is 7.24. The molecular weight excluding hydrogens is 346 g/mol. The van der Waals surface area contributed by atoms with Gasteiger partial charge in [-0.25, -0.2) is 0 Å². The molecule has 0 radical (unpaired) electrons. The van der Waals surface area contributed by atoms with Crippen LogP contribution in [0.1, 0.15) is 16.3 Å². The number of hydrogen-bond donors (Lipinski definition) is 1. The highest BCUT2D eigenvalue weighted by molar-refractivity contribution is 6.03. The van der Waals surface area contributed by atoms with Gasteiger partial charge in [0.1, 0.15) is 23.8 Å². The van der Waals surface area contributed by atoms with Crippen LogP contribution in [0.25, 0.3) is 0 Å². The van der Waals surface area contributed by atoms with Gasteiger partial charge in [-0.2, -0.15) is 5.10 Å². The summed E-state index contributed by atoms with van der Waals surface area (Å²) >= 11 is 0. The molecule has 0 unspecified atom stereocenters. The monoisotopic (exact) mass is 357 g/mol. The number of carbonyl (C=O) groups excluding carboxylic acids is 1. The number of aromatic nitrogens is 2. The first-order valence-corrected chi connectivity index (χ1v) is 7.24. The SMILES string of the molecule is O=C(Nc1ccccc1[N+](=O)[O-])c1ccc(Cn2cc([N+](=O)[O-])cn2)o1. The number of benzene rings is 1. The van der Waals surface area contributed by atoms with Crippen LogP contribution in [-0.2, 0) is 6.54 Å². The van der Waals surface area contributed by atoms with Crippen LogP contribution < -0.4 is 5.32 Å². The number of amides is 1. The van der Waals surface area contributed by atoms with E-state index in [0.29, 0.717) is 5.76 Å². The number of nitro benzene ring substituents is 1. The second-order valence-electron chi connectivity index (χ2n) is 5.15. The smallest absolute Gasteiger partial charge is 0.307 e. The van der Waals surface area contributed by atoms with Gasteiger partial charge in [-0.15, -0.1) is 0 Å². The van der Waals surface area contributed by atoms with Crippen LogP contribution in [0.15, 0.2) is 53.2 Å². The van der Waals surface area contributed by atoms with E-state index in [1.807, 2.05) is 0 Å². The van der Waals surface area contributed by atoms with Gasteiger partial charge in [-0.1, -0.05) is 12.1 Å². The van der Waals surface area contributed by atoms with Crippen LogP contribution >= 0.6 is 0 Å². The van der Waals surface area contributed by atoms with E-state index in [1.165, 1.54) is 41.2 Å². The van der Waals surface area contributed by atoms with Gasteiger partial charge in [-0.05, 0) is 18.2 Å². The topological polar surface area (TPSA) is 146 Å². The zero-order chi connectivity index (χ0) is 18.7. The Morgan fingerprint density at radius 2 is 1.92 bits per heavy atom. The van der Waals surface area contributed by atoms with E-state index in [0.717, 1.165) is 6.20 Å². The minimum atomic E-state index is -0.656.